The molecule has 1 aliphatic carbocycles. The minimum absolute atomic E-state index is 0.0453. The second kappa shape index (κ2) is 6.04. The van der Waals surface area contributed by atoms with Gasteiger partial charge in [0.1, 0.15) is 5.82 Å². The highest BCUT2D eigenvalue weighted by Gasteiger charge is 2.46. The molecule has 4 nitrogen and oxygen atoms in total. The van der Waals surface area contributed by atoms with E-state index in [1.165, 1.54) is 11.6 Å². The van der Waals surface area contributed by atoms with Crippen molar-refractivity contribution in [2.45, 2.75) is 25.2 Å². The van der Waals surface area contributed by atoms with Gasteiger partial charge in [-0.1, -0.05) is 12.1 Å². The Hall–Kier alpha value is -2.17. The van der Waals surface area contributed by atoms with Gasteiger partial charge >= 0.3 is 0 Å². The van der Waals surface area contributed by atoms with Crippen LogP contribution in [0.5, 0.6) is 0 Å². The van der Waals surface area contributed by atoms with Crippen molar-refractivity contribution in [1.82, 2.24) is 14.7 Å². The summed E-state index contributed by atoms with van der Waals surface area (Å²) in [6.45, 7) is 1.68. The molecular formula is C19H22FN3O. The second-order valence-electron chi connectivity index (χ2n) is 7.17. The molecule has 4 rings (SSSR count). The van der Waals surface area contributed by atoms with Gasteiger partial charge in [-0.3, -0.25) is 9.48 Å². The van der Waals surface area contributed by atoms with Crippen LogP contribution < -0.4 is 0 Å². The number of carbonyl (C=O) groups is 1. The van der Waals surface area contributed by atoms with E-state index in [4.69, 9.17) is 0 Å². The fourth-order valence-electron chi connectivity index (χ4n) is 3.92. The lowest BCUT2D eigenvalue weighted by molar-refractivity contribution is -0.131. The Labute approximate surface area is 141 Å². The first-order chi connectivity index (χ1) is 11.6. The third-order valence-electron chi connectivity index (χ3n) is 5.26. The van der Waals surface area contributed by atoms with Crippen LogP contribution in [0.2, 0.25) is 0 Å². The van der Waals surface area contributed by atoms with Gasteiger partial charge in [0.05, 0.1) is 6.20 Å². The maximum Gasteiger partial charge on any atom is 0.226 e. The third-order valence-corrected chi connectivity index (χ3v) is 5.26. The number of benzene rings is 1. The Kier molecular flexibility index (Phi) is 3.87. The number of amides is 1. The van der Waals surface area contributed by atoms with Crippen molar-refractivity contribution in [3.8, 4) is 0 Å². The monoisotopic (exact) mass is 327 g/mol. The van der Waals surface area contributed by atoms with Crippen LogP contribution in [0.15, 0.2) is 36.7 Å². The number of aromatic nitrogens is 2. The Morgan fingerprint density at radius 1 is 1.42 bits per heavy atom. The summed E-state index contributed by atoms with van der Waals surface area (Å²) in [5, 5.41) is 4.21. The summed E-state index contributed by atoms with van der Waals surface area (Å²) in [5.74, 6) is 0.792. The zero-order chi connectivity index (χ0) is 16.7. The number of carbonyl (C=O) groups excluding carboxylic acids is 1. The zero-order valence-electron chi connectivity index (χ0n) is 13.9. The molecular weight excluding hydrogens is 305 g/mol. The van der Waals surface area contributed by atoms with Gasteiger partial charge in [0, 0.05) is 32.3 Å². The molecule has 2 fully saturated rings. The molecule has 24 heavy (non-hydrogen) atoms. The van der Waals surface area contributed by atoms with Crippen LogP contribution in [-0.2, 0) is 18.3 Å². The summed E-state index contributed by atoms with van der Waals surface area (Å²) < 4.78 is 15.2. The first kappa shape index (κ1) is 15.4. The molecule has 1 saturated heterocycles. The Morgan fingerprint density at radius 2 is 2.29 bits per heavy atom. The molecule has 2 aliphatic rings. The Morgan fingerprint density at radius 3 is 3.04 bits per heavy atom. The average molecular weight is 327 g/mol. The molecule has 0 unspecified atom stereocenters. The molecule has 0 radical (unpaired) electrons. The molecule has 5 heteroatoms. The van der Waals surface area contributed by atoms with E-state index in [9.17, 15) is 9.18 Å². The standard InChI is InChI=1S/C19H22FN3O/c1-22-11-14(10-21-22)7-13-5-6-23(12-13)19(24)18-9-17(18)15-3-2-4-16(20)8-15/h2-4,8,10-11,13,17-18H,5-7,9,12H2,1H3/t13-,17-,18+/m1/s1. The highest BCUT2D eigenvalue weighted by Crippen LogP contribution is 2.49. The number of hydrogen-bond acceptors (Lipinski definition) is 2. The number of aryl methyl sites for hydroxylation is 1. The van der Waals surface area contributed by atoms with E-state index < -0.39 is 0 Å². The fourth-order valence-corrected chi connectivity index (χ4v) is 3.92. The van der Waals surface area contributed by atoms with Crippen molar-refractivity contribution in [3.05, 3.63) is 53.6 Å². The largest absolute Gasteiger partial charge is 0.342 e. The van der Waals surface area contributed by atoms with Crippen LogP contribution >= 0.6 is 0 Å². The summed E-state index contributed by atoms with van der Waals surface area (Å²) in [4.78, 5) is 14.7. The summed E-state index contributed by atoms with van der Waals surface area (Å²) in [7, 11) is 1.92. The highest BCUT2D eigenvalue weighted by molar-refractivity contribution is 5.83. The smallest absolute Gasteiger partial charge is 0.226 e. The van der Waals surface area contributed by atoms with Crippen molar-refractivity contribution in [2.75, 3.05) is 13.1 Å². The van der Waals surface area contributed by atoms with Crippen LogP contribution in [-0.4, -0.2) is 33.7 Å². The van der Waals surface area contributed by atoms with E-state index in [0.29, 0.717) is 5.92 Å². The van der Waals surface area contributed by atoms with Gasteiger partial charge in [-0.05, 0) is 54.4 Å². The minimum atomic E-state index is -0.219. The molecule has 0 spiro atoms. The summed E-state index contributed by atoms with van der Waals surface area (Å²) in [6.07, 6.45) is 6.84. The second-order valence-corrected chi connectivity index (χ2v) is 7.17. The van der Waals surface area contributed by atoms with Crippen molar-refractivity contribution in [1.29, 1.82) is 0 Å². The van der Waals surface area contributed by atoms with Crippen molar-refractivity contribution < 1.29 is 9.18 Å². The molecule has 2 heterocycles. The van der Waals surface area contributed by atoms with Crippen LogP contribution in [0.4, 0.5) is 4.39 Å². The number of nitrogens with zero attached hydrogens (tertiary/aromatic N) is 3. The lowest BCUT2D eigenvalue weighted by Gasteiger charge is -2.16. The van der Waals surface area contributed by atoms with Gasteiger partial charge in [-0.25, -0.2) is 4.39 Å². The van der Waals surface area contributed by atoms with Crippen LogP contribution in [0.3, 0.4) is 0 Å². The molecule has 1 saturated carbocycles. The van der Waals surface area contributed by atoms with Gasteiger partial charge in [-0.2, -0.15) is 5.10 Å². The molecule has 3 atom stereocenters. The SMILES string of the molecule is Cn1cc(C[C@H]2CCN(C(=O)[C@H]3C[C@@H]3c3cccc(F)c3)C2)cn1. The molecule has 1 aromatic heterocycles. The molecule has 0 bridgehead atoms. The first-order valence-corrected chi connectivity index (χ1v) is 8.62. The van der Waals surface area contributed by atoms with Gasteiger partial charge in [0.2, 0.25) is 5.91 Å². The maximum absolute atomic E-state index is 13.3. The van der Waals surface area contributed by atoms with E-state index in [0.717, 1.165) is 37.9 Å². The van der Waals surface area contributed by atoms with E-state index in [1.807, 2.05) is 35.1 Å². The van der Waals surface area contributed by atoms with E-state index in [1.54, 1.807) is 12.1 Å². The number of halogens is 1. The summed E-state index contributed by atoms with van der Waals surface area (Å²) in [5.41, 5.74) is 2.19. The van der Waals surface area contributed by atoms with Crippen molar-refractivity contribution in [2.24, 2.45) is 18.9 Å². The molecule has 0 N–H and O–H groups in total. The molecule has 126 valence electrons. The van der Waals surface area contributed by atoms with E-state index in [2.05, 4.69) is 5.10 Å². The third kappa shape index (κ3) is 3.07. The topological polar surface area (TPSA) is 38.1 Å². The molecule has 1 aliphatic heterocycles. The quantitative estimate of drug-likeness (QED) is 0.866. The predicted octanol–water partition coefficient (Wildman–Crippen LogP) is 2.75. The van der Waals surface area contributed by atoms with Gasteiger partial charge < -0.3 is 4.90 Å². The number of hydrogen-bond donors (Lipinski definition) is 0. The van der Waals surface area contributed by atoms with Crippen LogP contribution in [0, 0.1) is 17.7 Å². The summed E-state index contributed by atoms with van der Waals surface area (Å²) >= 11 is 0. The van der Waals surface area contributed by atoms with Gasteiger partial charge in [0.15, 0.2) is 0 Å². The van der Waals surface area contributed by atoms with E-state index >= 15 is 0 Å². The lowest BCUT2D eigenvalue weighted by Crippen LogP contribution is -2.30. The van der Waals surface area contributed by atoms with Crippen molar-refractivity contribution >= 4 is 5.91 Å². The fraction of sp³-hybridized carbons (Fsp3) is 0.474. The molecule has 2 aromatic rings. The lowest BCUT2D eigenvalue weighted by atomic mass is 10.0. The van der Waals surface area contributed by atoms with Gasteiger partial charge in [0.25, 0.3) is 0 Å². The number of likely N-dealkylation sites (tertiary alicyclic amines) is 1. The normalized spacial score (nSPS) is 25.9. The maximum atomic E-state index is 13.3. The van der Waals surface area contributed by atoms with E-state index in [-0.39, 0.29) is 23.6 Å². The average Bonchev–Trinajstić information content (AvgIpc) is 3.06. The van der Waals surface area contributed by atoms with Crippen molar-refractivity contribution in [3.63, 3.8) is 0 Å². The van der Waals surface area contributed by atoms with Crippen LogP contribution in [0.1, 0.15) is 29.9 Å². The Balaban J connectivity index is 1.33. The first-order valence-electron chi connectivity index (χ1n) is 8.62. The molecule has 1 amide bonds. The number of rotatable bonds is 4. The highest BCUT2D eigenvalue weighted by atomic mass is 19.1. The zero-order valence-corrected chi connectivity index (χ0v) is 13.9. The van der Waals surface area contributed by atoms with Crippen LogP contribution in [0.25, 0.3) is 0 Å². The summed E-state index contributed by atoms with van der Waals surface area (Å²) in [6, 6.07) is 6.67. The van der Waals surface area contributed by atoms with Gasteiger partial charge in [-0.15, -0.1) is 0 Å². The molecule has 1 aromatic carbocycles. The minimum Gasteiger partial charge on any atom is -0.342 e. The predicted molar refractivity (Wildman–Crippen MR) is 88.8 cm³/mol. The Bertz CT molecular complexity index is 757.